The molecule has 2 aromatic rings. The van der Waals surface area contributed by atoms with Crippen LogP contribution in [0.2, 0.25) is 0 Å². The number of halogens is 1. The summed E-state index contributed by atoms with van der Waals surface area (Å²) in [5, 5.41) is 5.88. The number of amides is 1. The van der Waals surface area contributed by atoms with Crippen LogP contribution in [0, 0.1) is 5.82 Å². The summed E-state index contributed by atoms with van der Waals surface area (Å²) in [4.78, 5) is 20.3. The Morgan fingerprint density at radius 3 is 2.87 bits per heavy atom. The van der Waals surface area contributed by atoms with Gasteiger partial charge in [-0.2, -0.15) is 4.98 Å². The molecule has 0 spiro atoms. The number of rotatable bonds is 4. The number of carbonyl (C=O) groups excluding carboxylic acids is 1. The standard InChI is InChI=1S/C16H17FN4O2/c17-11-4-6-12(7-5-11)23-14-8-10-19-16(21-14)20-13-3-1-2-9-18-15(13)22/h4-8,10,13H,1-3,9H2,(H,18,22)(H,19,20,21)/t13-/m0/s1. The molecular formula is C16H17FN4O2. The minimum absolute atomic E-state index is 0.0454. The van der Waals surface area contributed by atoms with Crippen molar-refractivity contribution in [2.24, 2.45) is 0 Å². The van der Waals surface area contributed by atoms with E-state index in [2.05, 4.69) is 20.6 Å². The summed E-state index contributed by atoms with van der Waals surface area (Å²) < 4.78 is 18.4. The van der Waals surface area contributed by atoms with Crippen molar-refractivity contribution >= 4 is 11.9 Å². The zero-order valence-electron chi connectivity index (χ0n) is 12.5. The summed E-state index contributed by atoms with van der Waals surface area (Å²) in [5.41, 5.74) is 0. The van der Waals surface area contributed by atoms with E-state index in [9.17, 15) is 9.18 Å². The Kier molecular flexibility index (Phi) is 4.65. The van der Waals surface area contributed by atoms with E-state index in [1.54, 1.807) is 12.3 Å². The van der Waals surface area contributed by atoms with Crippen molar-refractivity contribution in [3.05, 3.63) is 42.3 Å². The summed E-state index contributed by atoms with van der Waals surface area (Å²) >= 11 is 0. The van der Waals surface area contributed by atoms with E-state index in [-0.39, 0.29) is 17.8 Å². The predicted octanol–water partition coefficient (Wildman–Crippen LogP) is 2.49. The van der Waals surface area contributed by atoms with Crippen LogP contribution in [0.15, 0.2) is 36.5 Å². The van der Waals surface area contributed by atoms with Crippen molar-refractivity contribution in [1.29, 1.82) is 0 Å². The van der Waals surface area contributed by atoms with Crippen LogP contribution in [-0.4, -0.2) is 28.5 Å². The fourth-order valence-electron chi connectivity index (χ4n) is 2.32. The number of nitrogens with zero attached hydrogens (tertiary/aromatic N) is 2. The average Bonchev–Trinajstić information content (AvgIpc) is 2.75. The van der Waals surface area contributed by atoms with Crippen LogP contribution >= 0.6 is 0 Å². The minimum atomic E-state index is -0.349. The SMILES string of the molecule is O=C1NCCCC[C@@H]1Nc1nccc(Oc2ccc(F)cc2)n1. The van der Waals surface area contributed by atoms with E-state index in [1.165, 1.54) is 24.3 Å². The third kappa shape index (κ3) is 4.15. The summed E-state index contributed by atoms with van der Waals surface area (Å²) in [7, 11) is 0. The highest BCUT2D eigenvalue weighted by atomic mass is 19.1. The Bertz CT molecular complexity index is 678. The summed E-state index contributed by atoms with van der Waals surface area (Å²) in [6, 6.07) is 6.91. The molecule has 2 heterocycles. The van der Waals surface area contributed by atoms with E-state index in [1.807, 2.05) is 0 Å². The minimum Gasteiger partial charge on any atom is -0.439 e. The number of aromatic nitrogens is 2. The molecular weight excluding hydrogens is 299 g/mol. The molecule has 6 nitrogen and oxygen atoms in total. The predicted molar refractivity (Wildman–Crippen MR) is 82.8 cm³/mol. The van der Waals surface area contributed by atoms with Gasteiger partial charge in [-0.05, 0) is 43.5 Å². The fourth-order valence-corrected chi connectivity index (χ4v) is 2.32. The first-order chi connectivity index (χ1) is 11.2. The van der Waals surface area contributed by atoms with Gasteiger partial charge in [0.2, 0.25) is 17.7 Å². The first kappa shape index (κ1) is 15.2. The maximum Gasteiger partial charge on any atom is 0.242 e. The van der Waals surface area contributed by atoms with Crippen molar-refractivity contribution in [2.75, 3.05) is 11.9 Å². The topological polar surface area (TPSA) is 76.1 Å². The van der Waals surface area contributed by atoms with Crippen molar-refractivity contribution in [3.8, 4) is 11.6 Å². The normalized spacial score (nSPS) is 18.0. The molecule has 23 heavy (non-hydrogen) atoms. The highest BCUT2D eigenvalue weighted by Crippen LogP contribution is 2.20. The molecule has 1 amide bonds. The molecule has 0 bridgehead atoms. The lowest BCUT2D eigenvalue weighted by atomic mass is 10.1. The number of benzene rings is 1. The van der Waals surface area contributed by atoms with Crippen LogP contribution in [0.1, 0.15) is 19.3 Å². The van der Waals surface area contributed by atoms with Gasteiger partial charge in [-0.1, -0.05) is 0 Å². The highest BCUT2D eigenvalue weighted by molar-refractivity contribution is 5.84. The van der Waals surface area contributed by atoms with Gasteiger partial charge in [0.1, 0.15) is 17.6 Å². The van der Waals surface area contributed by atoms with Gasteiger partial charge in [0.15, 0.2) is 0 Å². The van der Waals surface area contributed by atoms with Gasteiger partial charge in [0, 0.05) is 18.8 Å². The number of hydrogen-bond acceptors (Lipinski definition) is 5. The Labute approximate surface area is 133 Å². The van der Waals surface area contributed by atoms with Crippen LogP contribution in [0.5, 0.6) is 11.6 Å². The summed E-state index contributed by atoms with van der Waals surface area (Å²) in [6.45, 7) is 0.700. The van der Waals surface area contributed by atoms with Crippen molar-refractivity contribution in [2.45, 2.75) is 25.3 Å². The molecule has 1 aliphatic rings. The molecule has 2 N–H and O–H groups in total. The lowest BCUT2D eigenvalue weighted by Crippen LogP contribution is -2.38. The van der Waals surface area contributed by atoms with Crippen molar-refractivity contribution < 1.29 is 13.9 Å². The second-order valence-corrected chi connectivity index (χ2v) is 5.26. The highest BCUT2D eigenvalue weighted by Gasteiger charge is 2.21. The Hall–Kier alpha value is -2.70. The second kappa shape index (κ2) is 7.04. The molecule has 0 aliphatic carbocycles. The van der Waals surface area contributed by atoms with Crippen LogP contribution < -0.4 is 15.4 Å². The van der Waals surface area contributed by atoms with Gasteiger partial charge in [-0.25, -0.2) is 9.37 Å². The van der Waals surface area contributed by atoms with E-state index in [4.69, 9.17) is 4.74 Å². The van der Waals surface area contributed by atoms with Gasteiger partial charge in [-0.15, -0.1) is 0 Å². The van der Waals surface area contributed by atoms with E-state index in [0.717, 1.165) is 19.3 Å². The smallest absolute Gasteiger partial charge is 0.242 e. The van der Waals surface area contributed by atoms with Gasteiger partial charge in [-0.3, -0.25) is 4.79 Å². The van der Waals surface area contributed by atoms with Gasteiger partial charge in [0.05, 0.1) is 0 Å². The first-order valence-corrected chi connectivity index (χ1v) is 7.51. The molecule has 0 saturated carbocycles. The monoisotopic (exact) mass is 316 g/mol. The third-order valence-corrected chi connectivity index (χ3v) is 3.50. The Morgan fingerprint density at radius 1 is 1.22 bits per heavy atom. The van der Waals surface area contributed by atoms with E-state index in [0.29, 0.717) is 24.1 Å². The van der Waals surface area contributed by atoms with E-state index >= 15 is 0 Å². The fraction of sp³-hybridized carbons (Fsp3) is 0.312. The number of ether oxygens (including phenoxy) is 1. The van der Waals surface area contributed by atoms with Gasteiger partial charge in [0.25, 0.3) is 0 Å². The van der Waals surface area contributed by atoms with Crippen LogP contribution in [-0.2, 0) is 4.79 Å². The molecule has 1 aliphatic heterocycles. The Morgan fingerprint density at radius 2 is 2.04 bits per heavy atom. The molecule has 1 fully saturated rings. The summed E-state index contributed by atoms with van der Waals surface area (Å²) in [6.07, 6.45) is 4.21. The molecule has 1 aromatic heterocycles. The van der Waals surface area contributed by atoms with Crippen LogP contribution in [0.25, 0.3) is 0 Å². The molecule has 120 valence electrons. The molecule has 1 atom stereocenters. The summed E-state index contributed by atoms with van der Waals surface area (Å²) in [5.74, 6) is 0.746. The Balaban J connectivity index is 1.69. The first-order valence-electron chi connectivity index (χ1n) is 7.51. The van der Waals surface area contributed by atoms with Crippen molar-refractivity contribution in [1.82, 2.24) is 15.3 Å². The van der Waals surface area contributed by atoms with Crippen LogP contribution in [0.4, 0.5) is 10.3 Å². The van der Waals surface area contributed by atoms with E-state index < -0.39 is 0 Å². The maximum atomic E-state index is 12.9. The largest absolute Gasteiger partial charge is 0.439 e. The molecule has 1 saturated heterocycles. The van der Waals surface area contributed by atoms with Gasteiger partial charge < -0.3 is 15.4 Å². The number of anilines is 1. The average molecular weight is 316 g/mol. The molecule has 1 aromatic carbocycles. The quantitative estimate of drug-likeness (QED) is 0.906. The zero-order valence-corrected chi connectivity index (χ0v) is 12.5. The number of nitrogens with one attached hydrogen (secondary N) is 2. The zero-order chi connectivity index (χ0) is 16.1. The van der Waals surface area contributed by atoms with Crippen molar-refractivity contribution in [3.63, 3.8) is 0 Å². The lowest BCUT2D eigenvalue weighted by Gasteiger charge is -2.15. The third-order valence-electron chi connectivity index (χ3n) is 3.50. The molecule has 0 unspecified atom stereocenters. The molecule has 3 rings (SSSR count). The molecule has 7 heteroatoms. The number of hydrogen-bond donors (Lipinski definition) is 2. The molecule has 0 radical (unpaired) electrons. The lowest BCUT2D eigenvalue weighted by molar-refractivity contribution is -0.121. The number of carbonyl (C=O) groups is 1. The second-order valence-electron chi connectivity index (χ2n) is 5.26. The van der Waals surface area contributed by atoms with Crippen LogP contribution in [0.3, 0.4) is 0 Å². The maximum absolute atomic E-state index is 12.9. The van der Waals surface area contributed by atoms with Gasteiger partial charge >= 0.3 is 0 Å².